The van der Waals surface area contributed by atoms with E-state index in [1.807, 2.05) is 30.9 Å². The highest BCUT2D eigenvalue weighted by Crippen LogP contribution is 2.29. The lowest BCUT2D eigenvalue weighted by Gasteiger charge is -2.14. The van der Waals surface area contributed by atoms with E-state index < -0.39 is 0 Å². The maximum absolute atomic E-state index is 5.62. The zero-order valence-corrected chi connectivity index (χ0v) is 17.3. The molecule has 0 atom stereocenters. The van der Waals surface area contributed by atoms with E-state index in [4.69, 9.17) is 4.52 Å². The largest absolute Gasteiger partial charge is 0.356 e. The summed E-state index contributed by atoms with van der Waals surface area (Å²) in [6, 6.07) is 18.6. The van der Waals surface area contributed by atoms with Crippen molar-refractivity contribution in [2.45, 2.75) is 0 Å². The van der Waals surface area contributed by atoms with Gasteiger partial charge in [0.25, 0.3) is 0 Å². The molecule has 1 aromatic heterocycles. The van der Waals surface area contributed by atoms with Gasteiger partial charge < -0.3 is 14.3 Å². The van der Waals surface area contributed by atoms with Crippen molar-refractivity contribution in [1.82, 2.24) is 5.16 Å². The zero-order valence-electron chi connectivity index (χ0n) is 15.6. The van der Waals surface area contributed by atoms with Crippen LogP contribution in [-0.4, -0.2) is 44.0 Å². The molecule has 0 saturated carbocycles. The Morgan fingerprint density at radius 3 is 2.07 bits per heavy atom. The summed E-state index contributed by atoms with van der Waals surface area (Å²) in [5, 5.41) is 4.26. The van der Waals surface area contributed by atoms with Gasteiger partial charge in [-0.2, -0.15) is 0 Å². The molecule has 2 aliphatic rings. The molecule has 0 N–H and O–H groups in total. The quantitative estimate of drug-likeness (QED) is 0.610. The molecule has 0 fully saturated rings. The summed E-state index contributed by atoms with van der Waals surface area (Å²) in [4.78, 5) is 12.8. The highest BCUT2D eigenvalue weighted by atomic mass is 35.5. The number of halogens is 2. The first-order valence-corrected chi connectivity index (χ1v) is 9.08. The number of benzene rings is 2. The molecule has 0 bridgehead atoms. The number of aromatic nitrogens is 1. The molecule has 0 aliphatic carbocycles. The van der Waals surface area contributed by atoms with Crippen molar-refractivity contribution < 1.29 is 4.52 Å². The van der Waals surface area contributed by atoms with Gasteiger partial charge in [0.1, 0.15) is 5.69 Å². The number of hydrogen-bond acceptors (Lipinski definition) is 6. The molecule has 0 saturated heterocycles. The summed E-state index contributed by atoms with van der Waals surface area (Å²) in [7, 11) is 0. The van der Waals surface area contributed by atoms with Crippen molar-refractivity contribution in [3.8, 4) is 22.6 Å². The smallest absolute Gasteiger partial charge is 0.167 e. The highest BCUT2D eigenvalue weighted by Gasteiger charge is 2.13. The molecular weight excluding hydrogens is 409 g/mol. The van der Waals surface area contributed by atoms with Gasteiger partial charge in [0.2, 0.25) is 0 Å². The average Bonchev–Trinajstić information content (AvgIpc) is 3.51. The fraction of sp³-hybridized carbons (Fsp3) is 0.190. The fourth-order valence-corrected chi connectivity index (χ4v) is 3.36. The van der Waals surface area contributed by atoms with Crippen molar-refractivity contribution in [1.29, 1.82) is 0 Å². The Morgan fingerprint density at radius 2 is 1.41 bits per heavy atom. The Kier molecular flexibility index (Phi) is 6.56. The van der Waals surface area contributed by atoms with E-state index >= 15 is 0 Å². The van der Waals surface area contributed by atoms with Crippen molar-refractivity contribution >= 4 is 48.9 Å². The molecule has 8 heteroatoms. The molecule has 2 aliphatic heterocycles. The van der Waals surface area contributed by atoms with Crippen molar-refractivity contribution in [2.24, 2.45) is 9.98 Å². The van der Waals surface area contributed by atoms with E-state index in [1.165, 1.54) is 0 Å². The van der Waals surface area contributed by atoms with E-state index in [1.54, 1.807) is 0 Å². The fourth-order valence-electron chi connectivity index (χ4n) is 3.36. The van der Waals surface area contributed by atoms with Crippen LogP contribution in [-0.2, 0) is 0 Å². The maximum atomic E-state index is 5.62. The van der Waals surface area contributed by atoms with Gasteiger partial charge in [0.05, 0.1) is 25.8 Å². The summed E-state index contributed by atoms with van der Waals surface area (Å²) < 4.78 is 5.62. The SMILES string of the molecule is C1=NCCN1c1ccc(-c2cc(-c3cccc(N4C=NCC4)c3)on2)cc1.Cl.Cl. The second-order valence-electron chi connectivity index (χ2n) is 6.60. The normalized spacial score (nSPS) is 14.8. The van der Waals surface area contributed by atoms with Crippen LogP contribution in [0.4, 0.5) is 11.4 Å². The van der Waals surface area contributed by atoms with Gasteiger partial charge in [-0.15, -0.1) is 24.8 Å². The molecule has 150 valence electrons. The van der Waals surface area contributed by atoms with E-state index in [0.29, 0.717) is 0 Å². The Balaban J connectivity index is 0.00000120. The van der Waals surface area contributed by atoms with Crippen LogP contribution in [0.5, 0.6) is 0 Å². The Hall–Kier alpha value is -2.83. The van der Waals surface area contributed by atoms with Gasteiger partial charge >= 0.3 is 0 Å². The molecule has 0 unspecified atom stereocenters. The molecule has 6 nitrogen and oxygen atoms in total. The Bertz CT molecular complexity index is 1020. The number of anilines is 2. The van der Waals surface area contributed by atoms with Crippen LogP contribution in [0.3, 0.4) is 0 Å². The third-order valence-corrected chi connectivity index (χ3v) is 4.85. The minimum Gasteiger partial charge on any atom is -0.356 e. The Morgan fingerprint density at radius 1 is 0.724 bits per heavy atom. The maximum Gasteiger partial charge on any atom is 0.167 e. The van der Waals surface area contributed by atoms with Gasteiger partial charge in [0.15, 0.2) is 5.76 Å². The van der Waals surface area contributed by atoms with E-state index in [-0.39, 0.29) is 24.8 Å². The van der Waals surface area contributed by atoms with E-state index in [9.17, 15) is 0 Å². The molecule has 2 aromatic carbocycles. The summed E-state index contributed by atoms with van der Waals surface area (Å²) in [5.41, 5.74) is 5.14. The Labute approximate surface area is 181 Å². The van der Waals surface area contributed by atoms with Gasteiger partial charge in [-0.3, -0.25) is 9.98 Å². The summed E-state index contributed by atoms with van der Waals surface area (Å²) in [5.74, 6) is 0.763. The van der Waals surface area contributed by atoms with Crippen LogP contribution >= 0.6 is 24.8 Å². The molecule has 3 aromatic rings. The second kappa shape index (κ2) is 9.11. The van der Waals surface area contributed by atoms with Gasteiger partial charge in [-0.1, -0.05) is 29.4 Å². The van der Waals surface area contributed by atoms with Gasteiger partial charge in [0, 0.05) is 41.7 Å². The van der Waals surface area contributed by atoms with Crippen LogP contribution in [0.15, 0.2) is 69.1 Å². The van der Waals surface area contributed by atoms with Crippen molar-refractivity contribution in [2.75, 3.05) is 36.0 Å². The van der Waals surface area contributed by atoms with E-state index in [0.717, 1.165) is 60.1 Å². The third kappa shape index (κ3) is 4.28. The highest BCUT2D eigenvalue weighted by molar-refractivity contribution is 5.86. The molecule has 29 heavy (non-hydrogen) atoms. The lowest BCUT2D eigenvalue weighted by Crippen LogP contribution is -2.17. The number of rotatable bonds is 4. The van der Waals surface area contributed by atoms with Crippen molar-refractivity contribution in [3.05, 3.63) is 54.6 Å². The lowest BCUT2D eigenvalue weighted by atomic mass is 10.1. The predicted octanol–water partition coefficient (Wildman–Crippen LogP) is 4.55. The first-order valence-electron chi connectivity index (χ1n) is 9.08. The van der Waals surface area contributed by atoms with Crippen LogP contribution in [0.2, 0.25) is 0 Å². The number of hydrogen-bond donors (Lipinski definition) is 0. The van der Waals surface area contributed by atoms with Crippen LogP contribution < -0.4 is 9.80 Å². The number of aliphatic imine (C=N–C) groups is 2. The average molecular weight is 430 g/mol. The number of nitrogens with zero attached hydrogens (tertiary/aromatic N) is 5. The standard InChI is InChI=1S/C21H19N5O.2ClH/c1-2-17(12-19(3-1)26-11-9-23-15-26)21-13-20(24-27-21)16-4-6-18(7-5-16)25-10-8-22-14-25;;/h1-7,12-15H,8-11H2;2*1H. The summed E-state index contributed by atoms with van der Waals surface area (Å²) in [6.45, 7) is 3.55. The first-order chi connectivity index (χ1) is 13.4. The first kappa shape index (κ1) is 20.9. The lowest BCUT2D eigenvalue weighted by molar-refractivity contribution is 0.435. The van der Waals surface area contributed by atoms with Crippen LogP contribution in [0.1, 0.15) is 0 Å². The summed E-state index contributed by atoms with van der Waals surface area (Å²) >= 11 is 0. The van der Waals surface area contributed by atoms with E-state index in [2.05, 4.69) is 61.3 Å². The second-order valence-corrected chi connectivity index (χ2v) is 6.60. The zero-order chi connectivity index (χ0) is 18.1. The molecule has 0 spiro atoms. The van der Waals surface area contributed by atoms with Crippen LogP contribution in [0, 0.1) is 0 Å². The summed E-state index contributed by atoms with van der Waals surface area (Å²) in [6.07, 6.45) is 3.78. The van der Waals surface area contributed by atoms with Crippen LogP contribution in [0.25, 0.3) is 22.6 Å². The topological polar surface area (TPSA) is 57.2 Å². The monoisotopic (exact) mass is 429 g/mol. The third-order valence-electron chi connectivity index (χ3n) is 4.85. The minimum atomic E-state index is 0. The predicted molar refractivity (Wildman–Crippen MR) is 123 cm³/mol. The van der Waals surface area contributed by atoms with Gasteiger partial charge in [-0.05, 0) is 24.3 Å². The molecule has 3 heterocycles. The molecule has 0 amide bonds. The minimum absolute atomic E-state index is 0. The molecular formula is C21H21Cl2N5O. The molecule has 0 radical (unpaired) electrons. The van der Waals surface area contributed by atoms with Crippen molar-refractivity contribution in [3.63, 3.8) is 0 Å². The van der Waals surface area contributed by atoms with Gasteiger partial charge in [-0.25, -0.2) is 0 Å². The molecule has 5 rings (SSSR count).